The second-order valence-electron chi connectivity index (χ2n) is 6.00. The Morgan fingerprint density at radius 1 is 1.23 bits per heavy atom. The van der Waals surface area contributed by atoms with E-state index in [2.05, 4.69) is 61.7 Å². The molecule has 0 heterocycles. The fourth-order valence-corrected chi connectivity index (χ4v) is 2.17. The van der Waals surface area contributed by atoms with Crippen LogP contribution in [0.5, 0.6) is 0 Å². The van der Waals surface area contributed by atoms with E-state index in [1.54, 1.807) is 6.08 Å². The van der Waals surface area contributed by atoms with Gasteiger partial charge in [-0.3, -0.25) is 4.90 Å². The van der Waals surface area contributed by atoms with Gasteiger partial charge >= 0.3 is 0 Å². The fraction of sp³-hybridized carbons (Fsp3) is 0.556. The third-order valence-electron chi connectivity index (χ3n) is 3.41. The molecule has 0 radical (unpaired) electrons. The minimum absolute atomic E-state index is 0.346. The molecule has 0 aromatic heterocycles. The number of aliphatic hydroxyl groups excluding tert-OH is 1. The Labute approximate surface area is 135 Å². The lowest BCUT2D eigenvalue weighted by Crippen LogP contribution is -2.38. The normalized spacial score (nSPS) is 12.8. The van der Waals surface area contributed by atoms with Gasteiger partial charge in [0.25, 0.3) is 0 Å². The van der Waals surface area contributed by atoms with Crippen LogP contribution < -0.4 is 0 Å². The van der Waals surface area contributed by atoms with E-state index in [9.17, 15) is 5.11 Å². The van der Waals surface area contributed by atoms with Crippen LogP contribution in [0.3, 0.4) is 0 Å². The molecule has 0 saturated carbocycles. The molecule has 0 aliphatic carbocycles. The molecular weight excluding hydrogens is 276 g/mol. The SMILES string of the molecule is C=CCOCC(O)CN(CCN(C)C)Cc1ccc(C)cc1. The number of ether oxygens (including phenoxy) is 1. The Balaban J connectivity index is 2.54. The summed E-state index contributed by atoms with van der Waals surface area (Å²) in [4.78, 5) is 4.43. The number of nitrogens with zero attached hydrogens (tertiary/aromatic N) is 2. The highest BCUT2D eigenvalue weighted by Crippen LogP contribution is 2.08. The van der Waals surface area contributed by atoms with Crippen molar-refractivity contribution in [1.29, 1.82) is 0 Å². The van der Waals surface area contributed by atoms with Crippen molar-refractivity contribution in [2.45, 2.75) is 19.6 Å². The predicted octanol–water partition coefficient (Wildman–Crippen LogP) is 1.92. The van der Waals surface area contributed by atoms with Crippen LogP contribution in [0.2, 0.25) is 0 Å². The van der Waals surface area contributed by atoms with Gasteiger partial charge in [0.1, 0.15) is 0 Å². The third kappa shape index (κ3) is 8.29. The molecule has 0 amide bonds. The van der Waals surface area contributed by atoms with Crippen molar-refractivity contribution < 1.29 is 9.84 Å². The Morgan fingerprint density at radius 3 is 2.50 bits per heavy atom. The first kappa shape index (κ1) is 18.8. The van der Waals surface area contributed by atoms with Crippen molar-refractivity contribution >= 4 is 0 Å². The molecule has 22 heavy (non-hydrogen) atoms. The van der Waals surface area contributed by atoms with Crippen LogP contribution in [-0.2, 0) is 11.3 Å². The summed E-state index contributed by atoms with van der Waals surface area (Å²) in [6.07, 6.45) is 1.22. The smallest absolute Gasteiger partial charge is 0.0900 e. The zero-order valence-electron chi connectivity index (χ0n) is 14.2. The van der Waals surface area contributed by atoms with Crippen molar-refractivity contribution in [3.63, 3.8) is 0 Å². The van der Waals surface area contributed by atoms with Crippen molar-refractivity contribution in [1.82, 2.24) is 9.80 Å². The van der Waals surface area contributed by atoms with Gasteiger partial charge in [0.2, 0.25) is 0 Å². The largest absolute Gasteiger partial charge is 0.389 e. The van der Waals surface area contributed by atoms with Crippen LogP contribution >= 0.6 is 0 Å². The molecular formula is C18H30N2O2. The monoisotopic (exact) mass is 306 g/mol. The Hall–Kier alpha value is -1.20. The average molecular weight is 306 g/mol. The Morgan fingerprint density at radius 2 is 1.91 bits per heavy atom. The van der Waals surface area contributed by atoms with E-state index in [1.807, 2.05) is 0 Å². The minimum Gasteiger partial charge on any atom is -0.389 e. The molecule has 1 rings (SSSR count). The topological polar surface area (TPSA) is 35.9 Å². The maximum Gasteiger partial charge on any atom is 0.0900 e. The van der Waals surface area contributed by atoms with E-state index in [1.165, 1.54) is 11.1 Å². The number of hydrogen-bond donors (Lipinski definition) is 1. The van der Waals surface area contributed by atoms with E-state index < -0.39 is 6.10 Å². The summed E-state index contributed by atoms with van der Waals surface area (Å²) in [5, 5.41) is 10.1. The van der Waals surface area contributed by atoms with Crippen LogP contribution in [0.15, 0.2) is 36.9 Å². The van der Waals surface area contributed by atoms with E-state index in [0.717, 1.165) is 19.6 Å². The summed E-state index contributed by atoms with van der Waals surface area (Å²) in [5.74, 6) is 0. The first-order chi connectivity index (χ1) is 10.5. The van der Waals surface area contributed by atoms with Gasteiger partial charge in [0, 0.05) is 26.2 Å². The number of aryl methyl sites for hydroxylation is 1. The molecule has 0 aliphatic heterocycles. The fourth-order valence-electron chi connectivity index (χ4n) is 2.17. The maximum absolute atomic E-state index is 10.1. The van der Waals surface area contributed by atoms with Gasteiger partial charge in [-0.05, 0) is 26.6 Å². The number of hydrogen-bond acceptors (Lipinski definition) is 4. The lowest BCUT2D eigenvalue weighted by molar-refractivity contribution is 0.0235. The van der Waals surface area contributed by atoms with E-state index in [-0.39, 0.29) is 0 Å². The van der Waals surface area contributed by atoms with Crippen molar-refractivity contribution in [2.24, 2.45) is 0 Å². The number of likely N-dealkylation sites (N-methyl/N-ethyl adjacent to an activating group) is 1. The maximum atomic E-state index is 10.1. The van der Waals surface area contributed by atoms with E-state index in [4.69, 9.17) is 4.74 Å². The van der Waals surface area contributed by atoms with E-state index >= 15 is 0 Å². The summed E-state index contributed by atoms with van der Waals surface area (Å²) in [7, 11) is 4.13. The summed E-state index contributed by atoms with van der Waals surface area (Å²) < 4.78 is 5.33. The molecule has 0 fully saturated rings. The van der Waals surface area contributed by atoms with Crippen LogP contribution in [0.25, 0.3) is 0 Å². The summed E-state index contributed by atoms with van der Waals surface area (Å²) in [6.45, 7) is 9.85. The van der Waals surface area contributed by atoms with Crippen molar-refractivity contribution in [3.05, 3.63) is 48.0 Å². The molecule has 4 nitrogen and oxygen atoms in total. The highest BCUT2D eigenvalue weighted by molar-refractivity contribution is 5.21. The molecule has 1 aromatic carbocycles. The first-order valence-electron chi connectivity index (χ1n) is 7.80. The predicted molar refractivity (Wildman–Crippen MR) is 92.0 cm³/mol. The molecule has 0 aliphatic rings. The minimum atomic E-state index is -0.479. The molecule has 0 bridgehead atoms. The second kappa shape index (κ2) is 10.5. The molecule has 1 unspecified atom stereocenters. The molecule has 0 spiro atoms. The molecule has 124 valence electrons. The standard InChI is InChI=1S/C18H30N2O2/c1-5-12-22-15-18(21)14-20(11-10-19(3)4)13-17-8-6-16(2)7-9-17/h5-9,18,21H,1,10-15H2,2-4H3. The lowest BCUT2D eigenvalue weighted by Gasteiger charge is -2.26. The average Bonchev–Trinajstić information content (AvgIpc) is 2.47. The van der Waals surface area contributed by atoms with Crippen LogP contribution in [0, 0.1) is 6.92 Å². The van der Waals surface area contributed by atoms with Gasteiger partial charge in [-0.15, -0.1) is 6.58 Å². The molecule has 0 saturated heterocycles. The Bertz CT molecular complexity index is 418. The zero-order chi connectivity index (χ0) is 16.4. The molecule has 1 N–H and O–H groups in total. The summed E-state index contributed by atoms with van der Waals surface area (Å²) in [5.41, 5.74) is 2.53. The van der Waals surface area contributed by atoms with Gasteiger partial charge in [-0.25, -0.2) is 0 Å². The molecule has 1 aromatic rings. The highest BCUT2D eigenvalue weighted by Gasteiger charge is 2.13. The molecule has 4 heteroatoms. The summed E-state index contributed by atoms with van der Waals surface area (Å²) in [6, 6.07) is 8.56. The van der Waals surface area contributed by atoms with Crippen molar-refractivity contribution in [2.75, 3.05) is 46.9 Å². The summed E-state index contributed by atoms with van der Waals surface area (Å²) >= 11 is 0. The Kier molecular flexibility index (Phi) is 9.01. The highest BCUT2D eigenvalue weighted by atomic mass is 16.5. The van der Waals surface area contributed by atoms with Crippen LogP contribution in [-0.4, -0.2) is 68.0 Å². The second-order valence-corrected chi connectivity index (χ2v) is 6.00. The number of aliphatic hydroxyl groups is 1. The van der Waals surface area contributed by atoms with E-state index in [0.29, 0.717) is 19.8 Å². The number of benzene rings is 1. The van der Waals surface area contributed by atoms with Gasteiger partial charge < -0.3 is 14.7 Å². The first-order valence-corrected chi connectivity index (χ1v) is 7.80. The van der Waals surface area contributed by atoms with Gasteiger partial charge in [0.05, 0.1) is 19.3 Å². The van der Waals surface area contributed by atoms with Gasteiger partial charge in [-0.2, -0.15) is 0 Å². The lowest BCUT2D eigenvalue weighted by atomic mass is 10.1. The van der Waals surface area contributed by atoms with Crippen molar-refractivity contribution in [3.8, 4) is 0 Å². The van der Waals surface area contributed by atoms with Gasteiger partial charge in [0.15, 0.2) is 0 Å². The molecule has 1 atom stereocenters. The van der Waals surface area contributed by atoms with Crippen LogP contribution in [0.4, 0.5) is 0 Å². The zero-order valence-corrected chi connectivity index (χ0v) is 14.2. The number of rotatable bonds is 11. The quantitative estimate of drug-likeness (QED) is 0.500. The third-order valence-corrected chi connectivity index (χ3v) is 3.41. The van der Waals surface area contributed by atoms with Crippen LogP contribution in [0.1, 0.15) is 11.1 Å². The van der Waals surface area contributed by atoms with Gasteiger partial charge in [-0.1, -0.05) is 35.9 Å².